The zero-order valence-corrected chi connectivity index (χ0v) is 17.9. The number of anilines is 1. The maximum Gasteiger partial charge on any atom is 0.246 e. The summed E-state index contributed by atoms with van der Waals surface area (Å²) in [5.74, 6) is 1.23. The number of amides is 1. The predicted octanol–water partition coefficient (Wildman–Crippen LogP) is 5.78. The molecule has 0 fully saturated rings. The fraction of sp³-hybridized carbons (Fsp3) is 0.192. The molecule has 1 heterocycles. The number of aryl methyl sites for hydroxylation is 1. The van der Waals surface area contributed by atoms with Crippen molar-refractivity contribution in [3.63, 3.8) is 0 Å². The molecule has 2 atom stereocenters. The summed E-state index contributed by atoms with van der Waals surface area (Å²) in [4.78, 5) is 13.4. The molecule has 5 heteroatoms. The maximum atomic E-state index is 13.4. The quantitative estimate of drug-likeness (QED) is 0.402. The molecule has 4 aromatic rings. The highest BCUT2D eigenvalue weighted by Gasteiger charge is 2.25. The first kappa shape index (κ1) is 20.7. The Morgan fingerprint density at radius 3 is 2.45 bits per heavy atom. The van der Waals surface area contributed by atoms with Gasteiger partial charge in [0.15, 0.2) is 0 Å². The first-order valence-electron chi connectivity index (χ1n) is 10.3. The first-order valence-corrected chi connectivity index (χ1v) is 10.3. The first-order chi connectivity index (χ1) is 15.0. The van der Waals surface area contributed by atoms with E-state index in [1.54, 1.807) is 7.11 Å². The van der Waals surface area contributed by atoms with Gasteiger partial charge in [0.2, 0.25) is 5.91 Å². The van der Waals surface area contributed by atoms with Gasteiger partial charge in [-0.15, -0.1) is 0 Å². The number of fused-ring (bicyclic) bond motifs is 1. The Morgan fingerprint density at radius 1 is 0.968 bits per heavy atom. The third-order valence-corrected chi connectivity index (χ3v) is 5.30. The molecule has 1 aromatic heterocycles. The highest BCUT2D eigenvalue weighted by molar-refractivity contribution is 5.97. The minimum Gasteiger partial charge on any atom is -0.495 e. The summed E-state index contributed by atoms with van der Waals surface area (Å²) in [6, 6.07) is 24.5. The van der Waals surface area contributed by atoms with E-state index in [1.165, 1.54) is 0 Å². The van der Waals surface area contributed by atoms with E-state index >= 15 is 0 Å². The Bertz CT molecular complexity index is 1150. The minimum absolute atomic E-state index is 0.168. The van der Waals surface area contributed by atoms with Crippen LogP contribution < -0.4 is 15.4 Å². The summed E-state index contributed by atoms with van der Waals surface area (Å²) in [6.45, 7) is 3.97. The van der Waals surface area contributed by atoms with Crippen molar-refractivity contribution in [2.75, 3.05) is 12.4 Å². The Hall–Kier alpha value is -3.57. The fourth-order valence-electron chi connectivity index (χ4n) is 3.64. The molecule has 0 unspecified atom stereocenters. The lowest BCUT2D eigenvalue weighted by Crippen LogP contribution is -2.34. The number of hydrogen-bond donors (Lipinski definition) is 2. The SMILES string of the molecule is COc1ccc(C)cc1NC(=O)[C@@H](N[C@@H](C)c1cc2ccccc2o1)c1ccccc1. The van der Waals surface area contributed by atoms with Crippen molar-refractivity contribution in [1.82, 2.24) is 5.32 Å². The van der Waals surface area contributed by atoms with Gasteiger partial charge in [-0.3, -0.25) is 10.1 Å². The zero-order valence-electron chi connectivity index (χ0n) is 17.9. The van der Waals surface area contributed by atoms with Gasteiger partial charge in [-0.1, -0.05) is 54.6 Å². The van der Waals surface area contributed by atoms with E-state index in [-0.39, 0.29) is 11.9 Å². The number of carbonyl (C=O) groups excluding carboxylic acids is 1. The van der Waals surface area contributed by atoms with E-state index < -0.39 is 6.04 Å². The van der Waals surface area contributed by atoms with Gasteiger partial charge in [0.25, 0.3) is 0 Å². The van der Waals surface area contributed by atoms with Crippen LogP contribution in [-0.4, -0.2) is 13.0 Å². The number of para-hydroxylation sites is 1. The van der Waals surface area contributed by atoms with Crippen LogP contribution >= 0.6 is 0 Å². The Kier molecular flexibility index (Phi) is 6.05. The van der Waals surface area contributed by atoms with Crippen LogP contribution in [0.15, 0.2) is 83.3 Å². The summed E-state index contributed by atoms with van der Waals surface area (Å²) in [6.07, 6.45) is 0. The summed E-state index contributed by atoms with van der Waals surface area (Å²) >= 11 is 0. The Morgan fingerprint density at radius 2 is 1.71 bits per heavy atom. The molecular formula is C26H26N2O3. The number of benzene rings is 3. The number of furan rings is 1. The van der Waals surface area contributed by atoms with Gasteiger partial charge in [-0.25, -0.2) is 0 Å². The molecule has 5 nitrogen and oxygen atoms in total. The van der Waals surface area contributed by atoms with Crippen molar-refractivity contribution < 1.29 is 13.9 Å². The van der Waals surface area contributed by atoms with E-state index in [0.29, 0.717) is 11.4 Å². The molecule has 0 aliphatic carbocycles. The number of ether oxygens (including phenoxy) is 1. The molecule has 158 valence electrons. The molecule has 0 bridgehead atoms. The summed E-state index contributed by atoms with van der Waals surface area (Å²) in [5, 5.41) is 7.50. The van der Waals surface area contributed by atoms with E-state index in [4.69, 9.17) is 9.15 Å². The van der Waals surface area contributed by atoms with Crippen LogP contribution in [0.4, 0.5) is 5.69 Å². The normalized spacial score (nSPS) is 13.0. The highest BCUT2D eigenvalue weighted by atomic mass is 16.5. The average Bonchev–Trinajstić information content (AvgIpc) is 3.22. The van der Waals surface area contributed by atoms with E-state index in [1.807, 2.05) is 92.7 Å². The van der Waals surface area contributed by atoms with Gasteiger partial charge >= 0.3 is 0 Å². The highest BCUT2D eigenvalue weighted by Crippen LogP contribution is 2.29. The van der Waals surface area contributed by atoms with Crippen LogP contribution in [-0.2, 0) is 4.79 Å². The van der Waals surface area contributed by atoms with Crippen LogP contribution in [0, 0.1) is 6.92 Å². The van der Waals surface area contributed by atoms with Crippen LogP contribution in [0.1, 0.15) is 35.9 Å². The van der Waals surface area contributed by atoms with E-state index in [0.717, 1.165) is 27.9 Å². The largest absolute Gasteiger partial charge is 0.495 e. The molecule has 0 radical (unpaired) electrons. The van der Waals surface area contributed by atoms with Crippen molar-refractivity contribution in [1.29, 1.82) is 0 Å². The van der Waals surface area contributed by atoms with Crippen molar-refractivity contribution in [3.8, 4) is 5.75 Å². The standard InChI is InChI=1S/C26H26N2O3/c1-17-13-14-23(30-3)21(15-17)28-26(29)25(19-9-5-4-6-10-19)27-18(2)24-16-20-11-7-8-12-22(20)31-24/h4-16,18,25,27H,1-3H3,(H,28,29)/t18-,25-/m0/s1. The lowest BCUT2D eigenvalue weighted by Gasteiger charge is -2.23. The van der Waals surface area contributed by atoms with Gasteiger partial charge < -0.3 is 14.5 Å². The summed E-state index contributed by atoms with van der Waals surface area (Å²) in [5.41, 5.74) is 3.38. The summed E-state index contributed by atoms with van der Waals surface area (Å²) in [7, 11) is 1.59. The van der Waals surface area contributed by atoms with Crippen molar-refractivity contribution in [3.05, 3.63) is 95.7 Å². The van der Waals surface area contributed by atoms with Crippen molar-refractivity contribution >= 4 is 22.6 Å². The topological polar surface area (TPSA) is 63.5 Å². The maximum absolute atomic E-state index is 13.4. The van der Waals surface area contributed by atoms with Gasteiger partial charge in [0.05, 0.1) is 18.8 Å². The third kappa shape index (κ3) is 4.62. The third-order valence-electron chi connectivity index (χ3n) is 5.30. The Labute approximate surface area is 182 Å². The van der Waals surface area contributed by atoms with Crippen LogP contribution in [0.5, 0.6) is 5.75 Å². The predicted molar refractivity (Wildman–Crippen MR) is 123 cm³/mol. The van der Waals surface area contributed by atoms with Gasteiger partial charge in [0, 0.05) is 5.39 Å². The molecule has 0 spiro atoms. The molecular weight excluding hydrogens is 388 g/mol. The zero-order chi connectivity index (χ0) is 21.8. The molecule has 3 aromatic carbocycles. The fourth-order valence-corrected chi connectivity index (χ4v) is 3.64. The molecule has 0 saturated carbocycles. The molecule has 4 rings (SSSR count). The second-order valence-corrected chi connectivity index (χ2v) is 7.61. The lowest BCUT2D eigenvalue weighted by atomic mass is 10.0. The van der Waals surface area contributed by atoms with Crippen LogP contribution in [0.25, 0.3) is 11.0 Å². The summed E-state index contributed by atoms with van der Waals surface area (Å²) < 4.78 is 11.4. The Balaban J connectivity index is 1.61. The smallest absolute Gasteiger partial charge is 0.246 e. The van der Waals surface area contributed by atoms with E-state index in [2.05, 4.69) is 10.6 Å². The second-order valence-electron chi connectivity index (χ2n) is 7.61. The molecule has 0 aliphatic rings. The minimum atomic E-state index is -0.574. The lowest BCUT2D eigenvalue weighted by molar-refractivity contribution is -0.118. The van der Waals surface area contributed by atoms with E-state index in [9.17, 15) is 4.79 Å². The monoisotopic (exact) mass is 414 g/mol. The van der Waals surface area contributed by atoms with Crippen molar-refractivity contribution in [2.45, 2.75) is 25.9 Å². The molecule has 2 N–H and O–H groups in total. The van der Waals surface area contributed by atoms with Gasteiger partial charge in [-0.2, -0.15) is 0 Å². The molecule has 0 saturated heterocycles. The average molecular weight is 415 g/mol. The molecule has 1 amide bonds. The molecule has 31 heavy (non-hydrogen) atoms. The van der Waals surface area contributed by atoms with Crippen LogP contribution in [0.2, 0.25) is 0 Å². The number of nitrogens with one attached hydrogen (secondary N) is 2. The number of hydrogen-bond acceptors (Lipinski definition) is 4. The van der Waals surface area contributed by atoms with Crippen LogP contribution in [0.3, 0.4) is 0 Å². The van der Waals surface area contributed by atoms with Crippen molar-refractivity contribution in [2.24, 2.45) is 0 Å². The number of rotatable bonds is 7. The van der Waals surface area contributed by atoms with Gasteiger partial charge in [-0.05, 0) is 49.2 Å². The van der Waals surface area contributed by atoms with Gasteiger partial charge in [0.1, 0.15) is 23.1 Å². The number of methoxy groups -OCH3 is 1. The second kappa shape index (κ2) is 9.06. The number of carbonyl (C=O) groups is 1. The molecule has 0 aliphatic heterocycles.